The molecule has 0 saturated carbocycles. The second kappa shape index (κ2) is 9.61. The third-order valence-corrected chi connectivity index (χ3v) is 6.70. The van der Waals surface area contributed by atoms with Crippen LogP contribution in [0.4, 0.5) is 4.79 Å². The van der Waals surface area contributed by atoms with Crippen molar-refractivity contribution in [3.8, 4) is 11.1 Å². The summed E-state index contributed by atoms with van der Waals surface area (Å²) in [6.45, 7) is 1.07. The van der Waals surface area contributed by atoms with Gasteiger partial charge >= 0.3 is 12.1 Å². The fraction of sp³-hybridized carbons (Fsp3) is 0.308. The molecule has 1 fully saturated rings. The van der Waals surface area contributed by atoms with Crippen LogP contribution in [0.25, 0.3) is 11.1 Å². The molecule has 0 bridgehead atoms. The Kier molecular flexibility index (Phi) is 6.22. The van der Waals surface area contributed by atoms with Crippen LogP contribution in [0.3, 0.4) is 0 Å². The highest BCUT2D eigenvalue weighted by Crippen LogP contribution is 2.44. The number of carbonyl (C=O) groups excluding carboxylic acids is 2. The van der Waals surface area contributed by atoms with E-state index in [0.29, 0.717) is 13.1 Å². The largest absolute Gasteiger partial charge is 0.481 e. The SMILES string of the molecule is O=C(O)CCC(NC(=O)OCC1c2ccccc2-c2ccccc21)C(=O)N1CC(n2ccnc2)C1. The minimum absolute atomic E-state index is 0.00932. The first kappa shape index (κ1) is 22.6. The molecule has 35 heavy (non-hydrogen) atoms. The molecule has 1 saturated heterocycles. The maximum atomic E-state index is 13.0. The normalized spacial score (nSPS) is 15.6. The molecule has 1 atom stereocenters. The summed E-state index contributed by atoms with van der Waals surface area (Å²) in [5.74, 6) is -1.44. The number of carbonyl (C=O) groups is 3. The molecule has 2 N–H and O–H groups in total. The van der Waals surface area contributed by atoms with Gasteiger partial charge in [-0.3, -0.25) is 9.59 Å². The van der Waals surface area contributed by atoms with Crippen LogP contribution in [-0.4, -0.2) is 63.3 Å². The molecule has 0 radical (unpaired) electrons. The van der Waals surface area contributed by atoms with E-state index < -0.39 is 18.1 Å². The number of likely N-dealkylation sites (tertiary alicyclic amines) is 1. The number of nitrogens with zero attached hydrogens (tertiary/aromatic N) is 3. The number of ether oxygens (including phenoxy) is 1. The summed E-state index contributed by atoms with van der Waals surface area (Å²) in [7, 11) is 0. The first-order valence-corrected chi connectivity index (χ1v) is 11.6. The third kappa shape index (κ3) is 4.62. The van der Waals surface area contributed by atoms with Crippen molar-refractivity contribution in [1.29, 1.82) is 0 Å². The fourth-order valence-electron chi connectivity index (χ4n) is 4.84. The van der Waals surface area contributed by atoms with Crippen molar-refractivity contribution in [2.75, 3.05) is 19.7 Å². The molecule has 180 valence electrons. The van der Waals surface area contributed by atoms with Gasteiger partial charge < -0.3 is 24.6 Å². The van der Waals surface area contributed by atoms with Gasteiger partial charge in [-0.25, -0.2) is 9.78 Å². The molecule has 9 heteroatoms. The van der Waals surface area contributed by atoms with Gasteiger partial charge in [0.2, 0.25) is 5.91 Å². The summed E-state index contributed by atoms with van der Waals surface area (Å²) in [5.41, 5.74) is 4.42. The Balaban J connectivity index is 1.22. The highest BCUT2D eigenvalue weighted by atomic mass is 16.5. The van der Waals surface area contributed by atoms with E-state index in [9.17, 15) is 14.4 Å². The summed E-state index contributed by atoms with van der Waals surface area (Å²) in [6, 6.07) is 15.2. The second-order valence-electron chi connectivity index (χ2n) is 8.86. The summed E-state index contributed by atoms with van der Waals surface area (Å²) in [4.78, 5) is 42.5. The number of imidazole rings is 1. The van der Waals surface area contributed by atoms with Crippen molar-refractivity contribution in [2.24, 2.45) is 0 Å². The summed E-state index contributed by atoms with van der Waals surface area (Å²) >= 11 is 0. The number of aromatic nitrogens is 2. The molecule has 1 unspecified atom stereocenters. The van der Waals surface area contributed by atoms with E-state index >= 15 is 0 Å². The molecule has 2 heterocycles. The number of rotatable bonds is 8. The number of carboxylic acid groups (broad SMARTS) is 1. The number of aliphatic carboxylic acids is 1. The molecule has 1 aliphatic carbocycles. The van der Waals surface area contributed by atoms with Crippen molar-refractivity contribution in [2.45, 2.75) is 30.8 Å². The standard InChI is InChI=1S/C26H26N4O5/c31-24(32)10-9-23(25(33)30-13-17(14-30)29-12-11-27-16-29)28-26(34)35-15-22-20-7-3-1-5-18(20)19-6-2-4-8-21(19)22/h1-8,11-12,16-17,22-23H,9-10,13-15H2,(H,28,34)(H,31,32). The highest BCUT2D eigenvalue weighted by molar-refractivity contribution is 5.87. The quantitative estimate of drug-likeness (QED) is 0.519. The molecule has 5 rings (SSSR count). The number of carboxylic acids is 1. The maximum absolute atomic E-state index is 13.0. The topological polar surface area (TPSA) is 114 Å². The van der Waals surface area contributed by atoms with E-state index in [-0.39, 0.29) is 37.3 Å². The van der Waals surface area contributed by atoms with Crippen LogP contribution in [-0.2, 0) is 14.3 Å². The Morgan fingerprint density at radius 3 is 2.31 bits per heavy atom. The number of amides is 2. The number of hydrogen-bond acceptors (Lipinski definition) is 5. The van der Waals surface area contributed by atoms with Gasteiger partial charge in [-0.05, 0) is 28.7 Å². The second-order valence-corrected chi connectivity index (χ2v) is 8.86. The molecule has 2 aromatic carbocycles. The predicted molar refractivity (Wildman–Crippen MR) is 127 cm³/mol. The van der Waals surface area contributed by atoms with E-state index in [1.54, 1.807) is 17.4 Å². The third-order valence-electron chi connectivity index (χ3n) is 6.70. The zero-order chi connectivity index (χ0) is 24.4. The number of benzene rings is 2. The molecule has 1 aliphatic heterocycles. The molecule has 0 spiro atoms. The van der Waals surface area contributed by atoms with Crippen LogP contribution in [0, 0.1) is 0 Å². The van der Waals surface area contributed by atoms with Crippen molar-refractivity contribution < 1.29 is 24.2 Å². The minimum Gasteiger partial charge on any atom is -0.481 e. The molecular formula is C26H26N4O5. The number of fused-ring (bicyclic) bond motifs is 3. The lowest BCUT2D eigenvalue weighted by Gasteiger charge is -2.41. The van der Waals surface area contributed by atoms with Gasteiger partial charge in [0.05, 0.1) is 12.4 Å². The van der Waals surface area contributed by atoms with E-state index in [4.69, 9.17) is 9.84 Å². The fourth-order valence-corrected chi connectivity index (χ4v) is 4.84. The van der Waals surface area contributed by atoms with Crippen LogP contribution in [0.1, 0.15) is 35.9 Å². The van der Waals surface area contributed by atoms with Crippen molar-refractivity contribution in [3.05, 3.63) is 78.4 Å². The molecule has 9 nitrogen and oxygen atoms in total. The van der Waals surface area contributed by atoms with Crippen LogP contribution in [0.2, 0.25) is 0 Å². The average molecular weight is 475 g/mol. The van der Waals surface area contributed by atoms with E-state index in [2.05, 4.69) is 22.4 Å². The van der Waals surface area contributed by atoms with Gasteiger partial charge in [-0.15, -0.1) is 0 Å². The zero-order valence-corrected chi connectivity index (χ0v) is 19.0. The molecule has 2 aliphatic rings. The molecule has 2 amide bonds. The average Bonchev–Trinajstić information content (AvgIpc) is 3.46. The Labute approximate surface area is 202 Å². The maximum Gasteiger partial charge on any atom is 0.407 e. The van der Waals surface area contributed by atoms with Crippen LogP contribution in [0.15, 0.2) is 67.3 Å². The lowest BCUT2D eigenvalue weighted by atomic mass is 9.98. The Hall–Kier alpha value is -4.14. The first-order valence-electron chi connectivity index (χ1n) is 11.6. The molecule has 1 aromatic heterocycles. The lowest BCUT2D eigenvalue weighted by molar-refractivity contribution is -0.140. The Morgan fingerprint density at radius 2 is 1.71 bits per heavy atom. The van der Waals surface area contributed by atoms with Crippen molar-refractivity contribution in [3.63, 3.8) is 0 Å². The predicted octanol–water partition coefficient (Wildman–Crippen LogP) is 3.04. The van der Waals surface area contributed by atoms with Gasteiger partial charge in [0.1, 0.15) is 12.6 Å². The Bertz CT molecular complexity index is 1190. The van der Waals surface area contributed by atoms with Gasteiger partial charge in [-0.2, -0.15) is 0 Å². The zero-order valence-electron chi connectivity index (χ0n) is 19.0. The molecule has 3 aromatic rings. The van der Waals surface area contributed by atoms with Crippen LogP contribution in [0.5, 0.6) is 0 Å². The van der Waals surface area contributed by atoms with E-state index in [1.165, 1.54) is 0 Å². The van der Waals surface area contributed by atoms with Crippen LogP contribution >= 0.6 is 0 Å². The van der Waals surface area contributed by atoms with Crippen molar-refractivity contribution >= 4 is 18.0 Å². The van der Waals surface area contributed by atoms with Gasteiger partial charge in [0, 0.05) is 37.8 Å². The number of hydrogen-bond donors (Lipinski definition) is 2. The smallest absolute Gasteiger partial charge is 0.407 e. The number of nitrogens with one attached hydrogen (secondary N) is 1. The highest BCUT2D eigenvalue weighted by Gasteiger charge is 2.36. The Morgan fingerprint density at radius 1 is 1.06 bits per heavy atom. The lowest BCUT2D eigenvalue weighted by Crippen LogP contribution is -2.57. The van der Waals surface area contributed by atoms with E-state index in [0.717, 1.165) is 22.3 Å². The van der Waals surface area contributed by atoms with Crippen molar-refractivity contribution in [1.82, 2.24) is 19.8 Å². The monoisotopic (exact) mass is 474 g/mol. The minimum atomic E-state index is -1.03. The summed E-state index contributed by atoms with van der Waals surface area (Å²) < 4.78 is 7.48. The summed E-state index contributed by atoms with van der Waals surface area (Å²) in [6.07, 6.45) is 4.23. The molecular weight excluding hydrogens is 448 g/mol. The van der Waals surface area contributed by atoms with Gasteiger partial charge in [0.15, 0.2) is 0 Å². The summed E-state index contributed by atoms with van der Waals surface area (Å²) in [5, 5.41) is 11.7. The van der Waals surface area contributed by atoms with Gasteiger partial charge in [-0.1, -0.05) is 48.5 Å². The number of alkyl carbamates (subject to hydrolysis) is 1. The van der Waals surface area contributed by atoms with Gasteiger partial charge in [0.25, 0.3) is 0 Å². The van der Waals surface area contributed by atoms with E-state index in [1.807, 2.05) is 47.2 Å². The first-order chi connectivity index (χ1) is 17.0. The van der Waals surface area contributed by atoms with Crippen LogP contribution < -0.4 is 5.32 Å².